The van der Waals surface area contributed by atoms with Gasteiger partial charge in [-0.1, -0.05) is 78.9 Å². The molecule has 0 saturated heterocycles. The summed E-state index contributed by atoms with van der Waals surface area (Å²) in [5, 5.41) is 2.09. The molecule has 0 fully saturated rings. The molecule has 5 aromatic rings. The normalized spacial score (nSPS) is 11.3. The molecule has 0 aliphatic rings. The Hall–Kier alpha value is -5.10. The third-order valence-corrected chi connectivity index (χ3v) is 7.83. The molecule has 0 bridgehead atoms. The van der Waals surface area contributed by atoms with Crippen molar-refractivity contribution in [2.24, 2.45) is 0 Å². The molecule has 0 N–H and O–H groups in total. The maximum atomic E-state index is 13.5. The lowest BCUT2D eigenvalue weighted by atomic mass is 9.89. The molecule has 0 aliphatic heterocycles. The predicted molar refractivity (Wildman–Crippen MR) is 183 cm³/mol. The Morgan fingerprint density at radius 2 is 1.41 bits per heavy atom. The first kappa shape index (κ1) is 32.3. The van der Waals surface area contributed by atoms with E-state index in [1.807, 2.05) is 107 Å². The number of hydrogen-bond acceptors (Lipinski definition) is 5. The van der Waals surface area contributed by atoms with E-state index >= 15 is 0 Å². The van der Waals surface area contributed by atoms with E-state index in [0.29, 0.717) is 18.7 Å². The monoisotopic (exact) mass is 615 g/mol. The molecule has 46 heavy (non-hydrogen) atoms. The van der Waals surface area contributed by atoms with Gasteiger partial charge in [0, 0.05) is 13.1 Å². The summed E-state index contributed by atoms with van der Waals surface area (Å²) < 4.78 is 17.0. The fourth-order valence-corrected chi connectivity index (χ4v) is 5.66. The Morgan fingerprint density at radius 1 is 0.717 bits per heavy atom. The molecule has 0 atom stereocenters. The number of benzene rings is 5. The number of esters is 1. The molecule has 0 aromatic heterocycles. The summed E-state index contributed by atoms with van der Waals surface area (Å²) in [6.07, 6.45) is -0.403. The van der Waals surface area contributed by atoms with E-state index in [1.54, 1.807) is 12.0 Å². The van der Waals surface area contributed by atoms with E-state index in [1.165, 1.54) is 0 Å². The zero-order valence-electron chi connectivity index (χ0n) is 27.4. The number of nitrogens with zero attached hydrogens (tertiary/aromatic N) is 1. The summed E-state index contributed by atoms with van der Waals surface area (Å²) in [4.78, 5) is 28.7. The van der Waals surface area contributed by atoms with Crippen molar-refractivity contribution in [2.75, 3.05) is 7.11 Å². The summed E-state index contributed by atoms with van der Waals surface area (Å²) in [6.45, 7) is 10.4. The lowest BCUT2D eigenvalue weighted by molar-refractivity contribution is 0.0216. The Bertz CT molecular complexity index is 1860. The van der Waals surface area contributed by atoms with Gasteiger partial charge < -0.3 is 14.2 Å². The van der Waals surface area contributed by atoms with E-state index in [2.05, 4.69) is 30.3 Å². The average Bonchev–Trinajstić information content (AvgIpc) is 3.03. The third kappa shape index (κ3) is 7.75. The number of carbonyl (C=O) groups is 2. The van der Waals surface area contributed by atoms with Gasteiger partial charge in [-0.3, -0.25) is 4.90 Å². The third-order valence-electron chi connectivity index (χ3n) is 7.83. The molecule has 0 radical (unpaired) electrons. The molecule has 0 saturated carbocycles. The molecule has 6 nitrogen and oxygen atoms in total. The second-order valence-corrected chi connectivity index (χ2v) is 12.5. The molecule has 0 aliphatic carbocycles. The summed E-state index contributed by atoms with van der Waals surface area (Å²) in [6, 6.07) is 33.8. The summed E-state index contributed by atoms with van der Waals surface area (Å²) >= 11 is 0. The number of amides is 1. The number of carbonyl (C=O) groups excluding carboxylic acids is 2. The van der Waals surface area contributed by atoms with Crippen LogP contribution in [0.3, 0.4) is 0 Å². The SMILES string of the molecule is COc1cccc(CN(Cc2cc(-c3ccc(C)c(C(=O)OCc4ccccc4)c3C)c3ccccc3c2)C(=O)OC(C)(C)C)c1. The van der Waals surface area contributed by atoms with Crippen LogP contribution in [0.15, 0.2) is 103 Å². The molecule has 6 heteroatoms. The topological polar surface area (TPSA) is 65.1 Å². The van der Waals surface area contributed by atoms with Crippen LogP contribution in [0, 0.1) is 13.8 Å². The van der Waals surface area contributed by atoms with Crippen LogP contribution in [-0.4, -0.2) is 29.7 Å². The fourth-order valence-electron chi connectivity index (χ4n) is 5.66. The van der Waals surface area contributed by atoms with E-state index in [0.717, 1.165) is 55.5 Å². The van der Waals surface area contributed by atoms with Gasteiger partial charge in [0.05, 0.1) is 12.7 Å². The Morgan fingerprint density at radius 3 is 2.15 bits per heavy atom. The minimum atomic E-state index is -0.650. The first-order chi connectivity index (χ1) is 22.0. The van der Waals surface area contributed by atoms with Crippen LogP contribution in [0.25, 0.3) is 21.9 Å². The number of rotatable bonds is 9. The van der Waals surface area contributed by atoms with Gasteiger partial charge in [0.25, 0.3) is 0 Å². The van der Waals surface area contributed by atoms with Crippen molar-refractivity contribution >= 4 is 22.8 Å². The van der Waals surface area contributed by atoms with Crippen LogP contribution in [-0.2, 0) is 29.2 Å². The van der Waals surface area contributed by atoms with Gasteiger partial charge in [0.1, 0.15) is 18.0 Å². The van der Waals surface area contributed by atoms with Crippen LogP contribution in [0.5, 0.6) is 5.75 Å². The standard InChI is InChI=1S/C40H41NO5/c1-27-19-20-34(28(2)37(27)38(42)45-26-29-13-8-7-9-14-29)36-23-31(21-32-16-10-11-18-35(32)36)25-41(39(43)46-40(3,4)5)24-30-15-12-17-33(22-30)44-6/h7-23H,24-26H2,1-6H3. The maximum Gasteiger partial charge on any atom is 0.410 e. The van der Waals surface area contributed by atoms with E-state index in [9.17, 15) is 9.59 Å². The minimum Gasteiger partial charge on any atom is -0.497 e. The van der Waals surface area contributed by atoms with Crippen molar-refractivity contribution in [3.63, 3.8) is 0 Å². The Labute approximate surface area is 271 Å². The second-order valence-electron chi connectivity index (χ2n) is 12.5. The molecule has 5 aromatic carbocycles. The number of fused-ring (bicyclic) bond motifs is 1. The van der Waals surface area contributed by atoms with Gasteiger partial charge in [-0.25, -0.2) is 9.59 Å². The highest BCUT2D eigenvalue weighted by molar-refractivity contribution is 6.01. The van der Waals surface area contributed by atoms with Crippen LogP contribution in [0.1, 0.15) is 58.9 Å². The van der Waals surface area contributed by atoms with Gasteiger partial charge in [0.2, 0.25) is 0 Å². The molecule has 1 amide bonds. The average molecular weight is 616 g/mol. The van der Waals surface area contributed by atoms with Gasteiger partial charge >= 0.3 is 12.1 Å². The molecule has 5 rings (SSSR count). The van der Waals surface area contributed by atoms with E-state index < -0.39 is 11.7 Å². The van der Waals surface area contributed by atoms with E-state index in [-0.39, 0.29) is 12.6 Å². The summed E-state index contributed by atoms with van der Waals surface area (Å²) in [5.74, 6) is 0.373. The van der Waals surface area contributed by atoms with Crippen LogP contribution < -0.4 is 4.74 Å². The van der Waals surface area contributed by atoms with Gasteiger partial charge in [-0.05, 0) is 109 Å². The number of aryl methyl sites for hydroxylation is 1. The van der Waals surface area contributed by atoms with Crippen LogP contribution in [0.4, 0.5) is 4.79 Å². The maximum absolute atomic E-state index is 13.5. The van der Waals surface area contributed by atoms with Crippen LogP contribution in [0.2, 0.25) is 0 Å². The summed E-state index contributed by atoms with van der Waals surface area (Å²) in [5.41, 5.74) is 6.34. The van der Waals surface area contributed by atoms with Crippen molar-refractivity contribution in [2.45, 2.75) is 59.9 Å². The van der Waals surface area contributed by atoms with Crippen molar-refractivity contribution in [3.05, 3.63) is 137 Å². The second kappa shape index (κ2) is 13.9. The number of hydrogen-bond donors (Lipinski definition) is 0. The van der Waals surface area contributed by atoms with Crippen molar-refractivity contribution in [1.82, 2.24) is 4.90 Å². The van der Waals surface area contributed by atoms with Gasteiger partial charge in [0.15, 0.2) is 0 Å². The Balaban J connectivity index is 1.53. The van der Waals surface area contributed by atoms with Crippen molar-refractivity contribution < 1.29 is 23.8 Å². The quantitative estimate of drug-likeness (QED) is 0.155. The summed E-state index contributed by atoms with van der Waals surface area (Å²) in [7, 11) is 1.63. The predicted octanol–water partition coefficient (Wildman–Crippen LogP) is 9.43. The lowest BCUT2D eigenvalue weighted by Gasteiger charge is -2.28. The minimum absolute atomic E-state index is 0.203. The van der Waals surface area contributed by atoms with Crippen molar-refractivity contribution in [3.8, 4) is 16.9 Å². The van der Waals surface area contributed by atoms with Crippen LogP contribution >= 0.6 is 0 Å². The zero-order valence-corrected chi connectivity index (χ0v) is 27.4. The van der Waals surface area contributed by atoms with Crippen molar-refractivity contribution in [1.29, 1.82) is 0 Å². The molecule has 0 spiro atoms. The fraction of sp³-hybridized carbons (Fsp3) is 0.250. The van der Waals surface area contributed by atoms with Gasteiger partial charge in [-0.15, -0.1) is 0 Å². The highest BCUT2D eigenvalue weighted by Crippen LogP contribution is 2.35. The number of methoxy groups -OCH3 is 1. The molecule has 236 valence electrons. The first-order valence-corrected chi connectivity index (χ1v) is 15.5. The molecule has 0 heterocycles. The molecular weight excluding hydrogens is 574 g/mol. The first-order valence-electron chi connectivity index (χ1n) is 15.5. The number of ether oxygens (including phenoxy) is 3. The lowest BCUT2D eigenvalue weighted by Crippen LogP contribution is -2.36. The smallest absolute Gasteiger partial charge is 0.410 e. The largest absolute Gasteiger partial charge is 0.497 e. The van der Waals surface area contributed by atoms with E-state index in [4.69, 9.17) is 14.2 Å². The highest BCUT2D eigenvalue weighted by Gasteiger charge is 2.24. The zero-order chi connectivity index (χ0) is 32.8. The molecular formula is C40H41NO5. The highest BCUT2D eigenvalue weighted by atomic mass is 16.6. The van der Waals surface area contributed by atoms with Gasteiger partial charge in [-0.2, -0.15) is 0 Å². The Kier molecular flexibility index (Phi) is 9.76. The molecule has 0 unspecified atom stereocenters.